The summed E-state index contributed by atoms with van der Waals surface area (Å²) in [5.74, 6) is -1.27. The number of para-hydroxylation sites is 1. The number of amides is 1. The van der Waals surface area contributed by atoms with E-state index in [9.17, 15) is 30.1 Å². The maximum Gasteiger partial charge on any atom is 0.337 e. The maximum absolute atomic E-state index is 12.7. The van der Waals surface area contributed by atoms with Crippen molar-refractivity contribution in [1.82, 2.24) is 0 Å². The Morgan fingerprint density at radius 2 is 1.86 bits per heavy atom. The Labute approximate surface area is 220 Å². The van der Waals surface area contributed by atoms with E-state index in [1.807, 2.05) is 6.07 Å². The number of aromatic carboxylic acids is 1. The average Bonchev–Trinajstić information content (AvgIpc) is 2.87. The first-order valence-corrected chi connectivity index (χ1v) is 11.6. The number of nitriles is 1. The Hall–Kier alpha value is -4.69. The molecular weight excluding hydrogens is 546 g/mol. The zero-order valence-electron chi connectivity index (χ0n) is 19.4. The van der Waals surface area contributed by atoms with E-state index in [2.05, 4.69) is 21.2 Å². The minimum atomic E-state index is -1.21. The number of nitrogens with one attached hydrogen (secondary N) is 1. The lowest BCUT2D eigenvalue weighted by Crippen LogP contribution is -2.16. The topological polar surface area (TPSA) is 152 Å². The normalized spacial score (nSPS) is 10.8. The van der Waals surface area contributed by atoms with Crippen LogP contribution in [0.1, 0.15) is 28.4 Å². The zero-order valence-corrected chi connectivity index (χ0v) is 21.0. The average molecular weight is 566 g/mol. The molecule has 0 aromatic heterocycles. The number of carboxylic acid groups (broad SMARTS) is 1. The van der Waals surface area contributed by atoms with Crippen LogP contribution in [0.2, 0.25) is 0 Å². The minimum absolute atomic E-state index is 0.0279. The molecule has 0 saturated heterocycles. The number of carbonyl (C=O) groups excluding carboxylic acids is 1. The smallest absolute Gasteiger partial charge is 0.337 e. The summed E-state index contributed by atoms with van der Waals surface area (Å²) >= 11 is 3.43. The van der Waals surface area contributed by atoms with E-state index >= 15 is 0 Å². The molecule has 11 heteroatoms. The molecule has 0 aliphatic carbocycles. The summed E-state index contributed by atoms with van der Waals surface area (Å²) in [7, 11) is 0. The Morgan fingerprint density at radius 3 is 2.49 bits per heavy atom. The van der Waals surface area contributed by atoms with Gasteiger partial charge >= 0.3 is 5.97 Å². The van der Waals surface area contributed by atoms with Gasteiger partial charge < -0.3 is 19.9 Å². The van der Waals surface area contributed by atoms with Crippen LogP contribution in [-0.4, -0.2) is 28.5 Å². The molecule has 0 fully saturated rings. The predicted octanol–water partition coefficient (Wildman–Crippen LogP) is 5.58. The molecule has 0 spiro atoms. The van der Waals surface area contributed by atoms with Crippen molar-refractivity contribution in [3.05, 3.63) is 97.5 Å². The Morgan fingerprint density at radius 1 is 1.16 bits per heavy atom. The van der Waals surface area contributed by atoms with Crippen LogP contribution in [0.3, 0.4) is 0 Å². The molecule has 37 heavy (non-hydrogen) atoms. The number of halogens is 1. The zero-order chi connectivity index (χ0) is 26.9. The summed E-state index contributed by atoms with van der Waals surface area (Å²) in [6, 6.07) is 16.9. The number of nitro benzene ring substituents is 1. The molecule has 0 unspecified atom stereocenters. The summed E-state index contributed by atoms with van der Waals surface area (Å²) in [5, 5.41) is 32.2. The van der Waals surface area contributed by atoms with Gasteiger partial charge in [-0.25, -0.2) is 4.79 Å². The van der Waals surface area contributed by atoms with E-state index in [1.54, 1.807) is 37.3 Å². The second-order valence-corrected chi connectivity index (χ2v) is 8.30. The largest absolute Gasteiger partial charge is 0.490 e. The number of nitrogens with zero attached hydrogens (tertiary/aromatic N) is 2. The maximum atomic E-state index is 12.7. The highest BCUT2D eigenvalue weighted by molar-refractivity contribution is 9.10. The van der Waals surface area contributed by atoms with E-state index in [-0.39, 0.29) is 29.1 Å². The second-order valence-electron chi connectivity index (χ2n) is 7.45. The summed E-state index contributed by atoms with van der Waals surface area (Å²) in [6.45, 7) is 2.20. The summed E-state index contributed by atoms with van der Waals surface area (Å²) < 4.78 is 12.1. The molecule has 3 aromatic carbocycles. The number of anilines is 1. The van der Waals surface area contributed by atoms with Gasteiger partial charge in [0.05, 0.1) is 27.3 Å². The molecule has 2 N–H and O–H groups in total. The van der Waals surface area contributed by atoms with Gasteiger partial charge in [-0.1, -0.05) is 12.1 Å². The lowest BCUT2D eigenvalue weighted by atomic mass is 10.1. The summed E-state index contributed by atoms with van der Waals surface area (Å²) in [6.07, 6.45) is 1.34. The molecule has 0 aliphatic heterocycles. The van der Waals surface area contributed by atoms with Crippen LogP contribution in [0, 0.1) is 21.4 Å². The number of hydrogen-bond donors (Lipinski definition) is 2. The molecule has 0 heterocycles. The van der Waals surface area contributed by atoms with E-state index in [4.69, 9.17) is 9.47 Å². The monoisotopic (exact) mass is 565 g/mol. The van der Waals surface area contributed by atoms with Gasteiger partial charge in [-0.2, -0.15) is 5.26 Å². The van der Waals surface area contributed by atoms with E-state index < -0.39 is 16.8 Å². The van der Waals surface area contributed by atoms with Crippen LogP contribution in [-0.2, 0) is 11.4 Å². The van der Waals surface area contributed by atoms with Gasteiger partial charge in [0, 0.05) is 12.1 Å². The van der Waals surface area contributed by atoms with Crippen molar-refractivity contribution < 1.29 is 29.1 Å². The molecule has 0 atom stereocenters. The number of benzene rings is 3. The Balaban J connectivity index is 1.85. The van der Waals surface area contributed by atoms with Crippen LogP contribution in [0.15, 0.2) is 70.7 Å². The standard InChI is InChI=1S/C26H20BrN3O7/c1-2-36-23-13-17(11-18(14-28)25(31)29-22-6-4-3-5-20(22)26(32)33)12-21(27)24(23)37-15-16-7-9-19(10-8-16)30(34)35/h3-13H,2,15H2,1H3,(H,29,31)(H,32,33)/b18-11+. The molecule has 1 amide bonds. The fourth-order valence-electron chi connectivity index (χ4n) is 3.23. The van der Waals surface area contributed by atoms with Gasteiger partial charge in [0.2, 0.25) is 0 Å². The number of hydrogen-bond acceptors (Lipinski definition) is 7. The van der Waals surface area contributed by atoms with Crippen LogP contribution in [0.25, 0.3) is 6.08 Å². The Kier molecular flexibility index (Phi) is 8.96. The first kappa shape index (κ1) is 26.9. The third-order valence-corrected chi connectivity index (χ3v) is 5.53. The molecular formula is C26H20BrN3O7. The summed E-state index contributed by atoms with van der Waals surface area (Å²) in [5.41, 5.74) is 0.829. The molecule has 0 aliphatic rings. The van der Waals surface area contributed by atoms with Crippen LogP contribution >= 0.6 is 15.9 Å². The van der Waals surface area contributed by atoms with Gasteiger partial charge in [0.25, 0.3) is 11.6 Å². The number of nitro groups is 1. The molecule has 188 valence electrons. The third kappa shape index (κ3) is 6.93. The number of ether oxygens (including phenoxy) is 2. The highest BCUT2D eigenvalue weighted by Crippen LogP contribution is 2.38. The predicted molar refractivity (Wildman–Crippen MR) is 138 cm³/mol. The fraction of sp³-hybridized carbons (Fsp3) is 0.115. The van der Waals surface area contributed by atoms with Crippen molar-refractivity contribution in [3.63, 3.8) is 0 Å². The van der Waals surface area contributed by atoms with Crippen molar-refractivity contribution in [2.45, 2.75) is 13.5 Å². The van der Waals surface area contributed by atoms with E-state index in [1.165, 1.54) is 36.4 Å². The van der Waals surface area contributed by atoms with Gasteiger partial charge in [0.1, 0.15) is 18.2 Å². The van der Waals surface area contributed by atoms with E-state index in [0.717, 1.165) is 0 Å². The van der Waals surface area contributed by atoms with Crippen molar-refractivity contribution in [3.8, 4) is 17.6 Å². The van der Waals surface area contributed by atoms with Crippen molar-refractivity contribution >= 4 is 45.3 Å². The van der Waals surface area contributed by atoms with Gasteiger partial charge in [-0.3, -0.25) is 14.9 Å². The molecule has 3 aromatic rings. The van der Waals surface area contributed by atoms with Crippen molar-refractivity contribution in [1.29, 1.82) is 5.26 Å². The highest BCUT2D eigenvalue weighted by Gasteiger charge is 2.17. The quantitative estimate of drug-likeness (QED) is 0.140. The highest BCUT2D eigenvalue weighted by atomic mass is 79.9. The third-order valence-electron chi connectivity index (χ3n) is 4.94. The lowest BCUT2D eigenvalue weighted by molar-refractivity contribution is -0.384. The number of carboxylic acids is 1. The molecule has 3 rings (SSSR count). The Bertz CT molecular complexity index is 1410. The fourth-order valence-corrected chi connectivity index (χ4v) is 3.80. The van der Waals surface area contributed by atoms with Crippen molar-refractivity contribution in [2.75, 3.05) is 11.9 Å². The second kappa shape index (κ2) is 12.3. The molecule has 0 saturated carbocycles. The van der Waals surface area contributed by atoms with E-state index in [0.29, 0.717) is 33.7 Å². The first-order chi connectivity index (χ1) is 17.7. The molecule has 0 radical (unpaired) electrons. The van der Waals surface area contributed by atoms with Crippen LogP contribution < -0.4 is 14.8 Å². The van der Waals surface area contributed by atoms with Gasteiger partial charge in [-0.05, 0) is 76.5 Å². The van der Waals surface area contributed by atoms with Gasteiger partial charge in [0.15, 0.2) is 11.5 Å². The number of rotatable bonds is 10. The minimum Gasteiger partial charge on any atom is -0.490 e. The number of non-ortho nitro benzene ring substituents is 1. The van der Waals surface area contributed by atoms with Crippen LogP contribution in [0.5, 0.6) is 11.5 Å². The van der Waals surface area contributed by atoms with Crippen molar-refractivity contribution in [2.24, 2.45) is 0 Å². The summed E-state index contributed by atoms with van der Waals surface area (Å²) in [4.78, 5) is 34.5. The van der Waals surface area contributed by atoms with Gasteiger partial charge in [-0.15, -0.1) is 0 Å². The van der Waals surface area contributed by atoms with Crippen LogP contribution in [0.4, 0.5) is 11.4 Å². The molecule has 10 nitrogen and oxygen atoms in total. The number of carbonyl (C=O) groups is 2. The SMILES string of the molecule is CCOc1cc(/C=C(\C#N)C(=O)Nc2ccccc2C(=O)O)cc(Br)c1OCc1ccc([N+](=O)[O-])cc1. The lowest BCUT2D eigenvalue weighted by Gasteiger charge is -2.15. The first-order valence-electron chi connectivity index (χ1n) is 10.8. The molecule has 0 bridgehead atoms.